The van der Waals surface area contributed by atoms with Crippen LogP contribution in [0.4, 0.5) is 0 Å². The molecule has 0 radical (unpaired) electrons. The van der Waals surface area contributed by atoms with Crippen LogP contribution in [-0.2, 0) is 12.8 Å². The van der Waals surface area contributed by atoms with E-state index in [1.54, 1.807) is 11.3 Å². The lowest BCUT2D eigenvalue weighted by Crippen LogP contribution is -2.40. The van der Waals surface area contributed by atoms with Crippen molar-refractivity contribution in [3.63, 3.8) is 0 Å². The molecule has 0 saturated carbocycles. The van der Waals surface area contributed by atoms with Gasteiger partial charge in [0.2, 0.25) is 0 Å². The molecule has 3 heteroatoms. The van der Waals surface area contributed by atoms with Crippen molar-refractivity contribution in [1.29, 1.82) is 0 Å². The van der Waals surface area contributed by atoms with Crippen LogP contribution in [0.3, 0.4) is 0 Å². The summed E-state index contributed by atoms with van der Waals surface area (Å²) >= 11 is 7.75. The Kier molecular flexibility index (Phi) is 5.86. The summed E-state index contributed by atoms with van der Waals surface area (Å²) in [5, 5.41) is 3.64. The zero-order valence-electron chi connectivity index (χ0n) is 13.0. The monoisotopic (exact) mass is 321 g/mol. The van der Waals surface area contributed by atoms with Crippen molar-refractivity contribution >= 4 is 22.9 Å². The molecule has 2 rings (SSSR count). The molecule has 0 saturated heterocycles. The molecule has 0 spiro atoms. The molecule has 1 nitrogen and oxygen atoms in total. The molecule has 1 unspecified atom stereocenters. The zero-order chi connectivity index (χ0) is 15.3. The summed E-state index contributed by atoms with van der Waals surface area (Å²) in [6.07, 6.45) is 2.18. The van der Waals surface area contributed by atoms with Crippen LogP contribution < -0.4 is 5.32 Å². The molecule has 2 aromatic rings. The van der Waals surface area contributed by atoms with Gasteiger partial charge in [0.1, 0.15) is 0 Å². The lowest BCUT2D eigenvalue weighted by molar-refractivity contribution is 0.368. The lowest BCUT2D eigenvalue weighted by atomic mass is 9.94. The van der Waals surface area contributed by atoms with Gasteiger partial charge >= 0.3 is 0 Å². The van der Waals surface area contributed by atoms with E-state index in [1.807, 2.05) is 6.07 Å². The van der Waals surface area contributed by atoms with Crippen LogP contribution in [-0.4, -0.2) is 12.1 Å². The average Bonchev–Trinajstić information content (AvgIpc) is 2.82. The highest BCUT2D eigenvalue weighted by Gasteiger charge is 2.16. The molecule has 0 aliphatic heterocycles. The number of thiophene rings is 1. The molecule has 0 bridgehead atoms. The molecule has 21 heavy (non-hydrogen) atoms. The standard InChI is InChI=1S/C18H24ClNS/c1-18(2,3)20-13-15(11-14-7-5-4-6-8-14)12-16-9-10-17(19)21-16/h4-10,15,20H,11-13H2,1-3H3. The summed E-state index contributed by atoms with van der Waals surface area (Å²) in [6, 6.07) is 14.9. The van der Waals surface area contributed by atoms with E-state index in [9.17, 15) is 0 Å². The third-order valence-corrected chi connectivity index (χ3v) is 4.66. The number of rotatable bonds is 6. The van der Waals surface area contributed by atoms with Gasteiger partial charge in [0.15, 0.2) is 0 Å². The lowest BCUT2D eigenvalue weighted by Gasteiger charge is -2.25. The Hall–Kier alpha value is -0.830. The molecule has 1 aromatic carbocycles. The Morgan fingerprint density at radius 2 is 1.76 bits per heavy atom. The second kappa shape index (κ2) is 7.44. The third kappa shape index (κ3) is 6.21. The maximum Gasteiger partial charge on any atom is 0.0931 e. The van der Waals surface area contributed by atoms with Crippen LogP contribution in [0.15, 0.2) is 42.5 Å². The average molecular weight is 322 g/mol. The molecule has 1 aromatic heterocycles. The van der Waals surface area contributed by atoms with Crippen LogP contribution in [0.5, 0.6) is 0 Å². The first-order valence-corrected chi connectivity index (χ1v) is 8.65. The van der Waals surface area contributed by atoms with Gasteiger partial charge in [-0.3, -0.25) is 0 Å². The van der Waals surface area contributed by atoms with Gasteiger partial charge in [0.05, 0.1) is 4.34 Å². The van der Waals surface area contributed by atoms with Gasteiger partial charge in [-0.25, -0.2) is 0 Å². The van der Waals surface area contributed by atoms with Gasteiger partial charge < -0.3 is 5.32 Å². The fourth-order valence-electron chi connectivity index (χ4n) is 2.36. The van der Waals surface area contributed by atoms with Gasteiger partial charge in [-0.2, -0.15) is 0 Å². The molecule has 0 aliphatic carbocycles. The van der Waals surface area contributed by atoms with Crippen molar-refractivity contribution in [2.24, 2.45) is 5.92 Å². The smallest absolute Gasteiger partial charge is 0.0931 e. The molecule has 1 heterocycles. The van der Waals surface area contributed by atoms with Crippen molar-refractivity contribution in [3.05, 3.63) is 57.2 Å². The topological polar surface area (TPSA) is 12.0 Å². The Labute approximate surface area is 137 Å². The zero-order valence-corrected chi connectivity index (χ0v) is 14.6. The van der Waals surface area contributed by atoms with E-state index in [1.165, 1.54) is 10.4 Å². The van der Waals surface area contributed by atoms with Gasteiger partial charge in [0, 0.05) is 10.4 Å². The summed E-state index contributed by atoms with van der Waals surface area (Å²) in [6.45, 7) is 7.67. The van der Waals surface area contributed by atoms with E-state index >= 15 is 0 Å². The summed E-state index contributed by atoms with van der Waals surface area (Å²) in [4.78, 5) is 1.37. The number of hydrogen-bond acceptors (Lipinski definition) is 2. The van der Waals surface area contributed by atoms with E-state index in [4.69, 9.17) is 11.6 Å². The fraction of sp³-hybridized carbons (Fsp3) is 0.444. The van der Waals surface area contributed by atoms with E-state index in [2.05, 4.69) is 62.5 Å². The first kappa shape index (κ1) is 16.5. The minimum Gasteiger partial charge on any atom is -0.312 e. The quantitative estimate of drug-likeness (QED) is 0.772. The molecule has 114 valence electrons. The number of hydrogen-bond donors (Lipinski definition) is 1. The summed E-state index contributed by atoms with van der Waals surface area (Å²) < 4.78 is 0.882. The minimum absolute atomic E-state index is 0.155. The predicted molar refractivity (Wildman–Crippen MR) is 94.4 cm³/mol. The first-order valence-electron chi connectivity index (χ1n) is 7.45. The number of nitrogens with one attached hydrogen (secondary N) is 1. The van der Waals surface area contributed by atoms with Crippen molar-refractivity contribution < 1.29 is 0 Å². The molecular formula is C18H24ClNS. The van der Waals surface area contributed by atoms with Crippen LogP contribution in [0.25, 0.3) is 0 Å². The molecule has 0 fully saturated rings. The van der Waals surface area contributed by atoms with Gasteiger partial charge in [-0.1, -0.05) is 41.9 Å². The Morgan fingerprint density at radius 3 is 2.33 bits per heavy atom. The van der Waals surface area contributed by atoms with Crippen LogP contribution in [0.2, 0.25) is 4.34 Å². The predicted octanol–water partition coefficient (Wildman–Crippen LogP) is 5.19. The summed E-state index contributed by atoms with van der Waals surface area (Å²) in [7, 11) is 0. The highest BCUT2D eigenvalue weighted by Crippen LogP contribution is 2.25. The third-order valence-electron chi connectivity index (χ3n) is 3.41. The minimum atomic E-state index is 0.155. The fourth-order valence-corrected chi connectivity index (χ4v) is 3.56. The van der Waals surface area contributed by atoms with Crippen LogP contribution in [0, 0.1) is 5.92 Å². The maximum absolute atomic E-state index is 6.06. The van der Waals surface area contributed by atoms with Crippen LogP contribution >= 0.6 is 22.9 Å². The highest BCUT2D eigenvalue weighted by atomic mass is 35.5. The molecule has 0 amide bonds. The Bertz CT molecular complexity index is 542. The second-order valence-electron chi connectivity index (χ2n) is 6.60. The van der Waals surface area contributed by atoms with Crippen molar-refractivity contribution in [1.82, 2.24) is 5.32 Å². The molecular weight excluding hydrogens is 298 g/mol. The van der Waals surface area contributed by atoms with Gasteiger partial charge in [-0.15, -0.1) is 11.3 Å². The Balaban J connectivity index is 2.02. The highest BCUT2D eigenvalue weighted by molar-refractivity contribution is 7.16. The number of halogens is 1. The van der Waals surface area contributed by atoms with E-state index in [0.717, 1.165) is 23.7 Å². The van der Waals surface area contributed by atoms with Gasteiger partial charge in [0.25, 0.3) is 0 Å². The van der Waals surface area contributed by atoms with Crippen molar-refractivity contribution in [2.75, 3.05) is 6.54 Å². The largest absolute Gasteiger partial charge is 0.312 e. The first-order chi connectivity index (χ1) is 9.92. The van der Waals surface area contributed by atoms with E-state index in [0.29, 0.717) is 5.92 Å². The SMILES string of the molecule is CC(C)(C)NCC(Cc1ccccc1)Cc1ccc(Cl)s1. The summed E-state index contributed by atoms with van der Waals surface area (Å²) in [5.74, 6) is 0.585. The number of benzene rings is 1. The van der Waals surface area contributed by atoms with E-state index in [-0.39, 0.29) is 5.54 Å². The van der Waals surface area contributed by atoms with Crippen LogP contribution in [0.1, 0.15) is 31.2 Å². The molecule has 1 atom stereocenters. The molecule has 0 aliphatic rings. The Morgan fingerprint density at radius 1 is 1.05 bits per heavy atom. The van der Waals surface area contributed by atoms with Crippen molar-refractivity contribution in [3.8, 4) is 0 Å². The van der Waals surface area contributed by atoms with E-state index < -0.39 is 0 Å². The van der Waals surface area contributed by atoms with Crippen molar-refractivity contribution in [2.45, 2.75) is 39.2 Å². The second-order valence-corrected chi connectivity index (χ2v) is 8.40. The van der Waals surface area contributed by atoms with Gasteiger partial charge in [-0.05, 0) is 63.8 Å². The normalized spacial score (nSPS) is 13.3. The maximum atomic E-state index is 6.06. The molecule has 1 N–H and O–H groups in total. The summed E-state index contributed by atoms with van der Waals surface area (Å²) in [5.41, 5.74) is 1.56.